The molecule has 0 aliphatic rings. The number of methoxy groups -OCH3 is 1. The molecule has 2 N–H and O–H groups in total. The topological polar surface area (TPSA) is 146 Å². The molecule has 0 saturated heterocycles. The largest absolute Gasteiger partial charge is 0.497 e. The summed E-state index contributed by atoms with van der Waals surface area (Å²) in [6.07, 6.45) is -0.717. The van der Waals surface area contributed by atoms with E-state index in [0.29, 0.717) is 29.5 Å². The van der Waals surface area contributed by atoms with Crippen molar-refractivity contribution in [2.24, 2.45) is 0 Å². The number of benzene rings is 2. The van der Waals surface area contributed by atoms with E-state index in [1.54, 1.807) is 20.1 Å². The zero-order valence-electron chi connectivity index (χ0n) is 25.1. The average Bonchev–Trinajstić information content (AvgIpc) is 3.55. The molecule has 2 aromatic carbocycles. The third-order valence-electron chi connectivity index (χ3n) is 6.64. The Kier molecular flexibility index (Phi) is 9.30. The molecule has 0 saturated carbocycles. The number of urea groups is 1. The molecule has 5 aromatic rings. The normalized spacial score (nSPS) is 11.2. The SMILES string of the molecule is CCOc1cc(OCc2ccc(OC)cc2)ncc1-c1ncc(NC(=O)Nc2cc(C(F)(F)F)cc(C)c2-c2nnco2)c(C)n1. The molecule has 0 unspecified atom stereocenters. The van der Waals surface area contributed by atoms with E-state index in [1.165, 1.54) is 19.3 Å². The molecule has 0 fully saturated rings. The molecule has 3 heterocycles. The Balaban J connectivity index is 1.33. The number of pyridine rings is 1. The molecule has 5 rings (SSSR count). The van der Waals surface area contributed by atoms with Crippen molar-refractivity contribution in [3.63, 3.8) is 0 Å². The van der Waals surface area contributed by atoms with Gasteiger partial charge >= 0.3 is 12.2 Å². The smallest absolute Gasteiger partial charge is 0.416 e. The van der Waals surface area contributed by atoms with Gasteiger partial charge in [0.25, 0.3) is 0 Å². The first-order valence-electron chi connectivity index (χ1n) is 13.8. The highest BCUT2D eigenvalue weighted by Crippen LogP contribution is 2.38. The van der Waals surface area contributed by atoms with Crippen molar-refractivity contribution in [2.75, 3.05) is 24.4 Å². The van der Waals surface area contributed by atoms with Gasteiger partial charge in [-0.2, -0.15) is 13.2 Å². The highest BCUT2D eigenvalue weighted by molar-refractivity contribution is 6.02. The lowest BCUT2D eigenvalue weighted by Gasteiger charge is -2.16. The lowest BCUT2D eigenvalue weighted by molar-refractivity contribution is -0.137. The molecule has 0 spiro atoms. The standard InChI is InChI=1S/C31H28F3N7O5/c1-5-44-25-12-26(45-15-19-6-8-21(43-4)9-7-19)35-13-22(25)28-36-14-24(18(3)38-28)40-30(42)39-23-11-20(31(32,33)34)10-17(2)27(23)29-41-37-16-46-29/h6-14,16H,5,15H2,1-4H3,(H2,39,40,42). The monoisotopic (exact) mass is 635 g/mol. The fraction of sp³-hybridized carbons (Fsp3) is 0.226. The Morgan fingerprint density at radius 2 is 1.74 bits per heavy atom. The number of halogens is 3. The number of aryl methyl sites for hydroxylation is 2. The minimum absolute atomic E-state index is 0.0544. The zero-order valence-corrected chi connectivity index (χ0v) is 25.1. The Bertz CT molecular complexity index is 1830. The summed E-state index contributed by atoms with van der Waals surface area (Å²) in [7, 11) is 1.60. The number of nitrogens with zero attached hydrogens (tertiary/aromatic N) is 5. The van der Waals surface area contributed by atoms with Gasteiger partial charge in [-0.25, -0.2) is 19.7 Å². The van der Waals surface area contributed by atoms with Crippen LogP contribution in [-0.2, 0) is 12.8 Å². The van der Waals surface area contributed by atoms with Crippen molar-refractivity contribution >= 4 is 17.4 Å². The van der Waals surface area contributed by atoms with E-state index in [1.807, 2.05) is 31.2 Å². The van der Waals surface area contributed by atoms with Crippen LogP contribution < -0.4 is 24.8 Å². The summed E-state index contributed by atoms with van der Waals surface area (Å²) in [5, 5.41) is 12.4. The van der Waals surface area contributed by atoms with E-state index < -0.39 is 17.8 Å². The van der Waals surface area contributed by atoms with Gasteiger partial charge in [-0.05, 0) is 56.2 Å². The van der Waals surface area contributed by atoms with Crippen molar-refractivity contribution in [3.05, 3.63) is 83.6 Å². The Morgan fingerprint density at radius 1 is 0.978 bits per heavy atom. The maximum Gasteiger partial charge on any atom is 0.416 e. The van der Waals surface area contributed by atoms with Crippen molar-refractivity contribution in [1.29, 1.82) is 0 Å². The molecule has 0 atom stereocenters. The van der Waals surface area contributed by atoms with E-state index >= 15 is 0 Å². The Hall–Kier alpha value is -5.73. The number of nitrogens with one attached hydrogen (secondary N) is 2. The molecule has 2 amide bonds. The van der Waals surface area contributed by atoms with Crippen LogP contribution in [0.15, 0.2) is 65.7 Å². The van der Waals surface area contributed by atoms with Crippen molar-refractivity contribution in [1.82, 2.24) is 25.1 Å². The summed E-state index contributed by atoms with van der Waals surface area (Å²) in [6, 6.07) is 9.97. The van der Waals surface area contributed by atoms with Gasteiger partial charge < -0.3 is 29.3 Å². The molecule has 0 bridgehead atoms. The zero-order chi connectivity index (χ0) is 32.8. The van der Waals surface area contributed by atoms with Gasteiger partial charge in [-0.15, -0.1) is 10.2 Å². The number of aromatic nitrogens is 5. The van der Waals surface area contributed by atoms with Crippen LogP contribution in [0.2, 0.25) is 0 Å². The molecule has 3 aromatic heterocycles. The van der Waals surface area contributed by atoms with E-state index in [-0.39, 0.29) is 40.8 Å². The van der Waals surface area contributed by atoms with Crippen LogP contribution in [0.1, 0.15) is 29.3 Å². The van der Waals surface area contributed by atoms with Crippen molar-refractivity contribution in [3.8, 4) is 40.2 Å². The predicted molar refractivity (Wildman–Crippen MR) is 161 cm³/mol. The molecule has 0 aliphatic carbocycles. The Labute approximate surface area is 261 Å². The van der Waals surface area contributed by atoms with Crippen LogP contribution in [0.5, 0.6) is 17.4 Å². The van der Waals surface area contributed by atoms with Crippen LogP contribution in [0.3, 0.4) is 0 Å². The first-order valence-corrected chi connectivity index (χ1v) is 13.8. The molecule has 12 nitrogen and oxygen atoms in total. The van der Waals surface area contributed by atoms with Gasteiger partial charge in [0.2, 0.25) is 18.2 Å². The maximum absolute atomic E-state index is 13.5. The Morgan fingerprint density at radius 3 is 2.39 bits per heavy atom. The van der Waals surface area contributed by atoms with Gasteiger partial charge in [-0.3, -0.25) is 0 Å². The van der Waals surface area contributed by atoms with E-state index in [0.717, 1.165) is 29.8 Å². The minimum Gasteiger partial charge on any atom is -0.497 e. The van der Waals surface area contributed by atoms with Gasteiger partial charge in [0.15, 0.2) is 5.82 Å². The predicted octanol–water partition coefficient (Wildman–Crippen LogP) is 6.85. The molecule has 0 radical (unpaired) electrons. The number of ether oxygens (including phenoxy) is 3. The van der Waals surface area contributed by atoms with Crippen LogP contribution in [0.4, 0.5) is 29.3 Å². The van der Waals surface area contributed by atoms with E-state index in [9.17, 15) is 18.0 Å². The lowest BCUT2D eigenvalue weighted by atomic mass is 10.0. The van der Waals surface area contributed by atoms with Gasteiger partial charge in [-0.1, -0.05) is 12.1 Å². The number of alkyl halides is 3. The quantitative estimate of drug-likeness (QED) is 0.167. The molecule has 46 heavy (non-hydrogen) atoms. The lowest BCUT2D eigenvalue weighted by Crippen LogP contribution is -2.21. The summed E-state index contributed by atoms with van der Waals surface area (Å²) in [5.74, 6) is 1.73. The second-order valence-corrected chi connectivity index (χ2v) is 9.82. The molecule has 238 valence electrons. The molecular weight excluding hydrogens is 607 g/mol. The molecule has 15 heteroatoms. The average molecular weight is 636 g/mol. The van der Waals surface area contributed by atoms with Gasteiger partial charge in [0.1, 0.15) is 18.1 Å². The first-order chi connectivity index (χ1) is 22.0. The third kappa shape index (κ3) is 7.31. The van der Waals surface area contributed by atoms with E-state index in [2.05, 4.69) is 35.8 Å². The van der Waals surface area contributed by atoms with Gasteiger partial charge in [0, 0.05) is 12.3 Å². The fourth-order valence-corrected chi connectivity index (χ4v) is 4.43. The highest BCUT2D eigenvalue weighted by Gasteiger charge is 2.33. The number of hydrogen-bond acceptors (Lipinski definition) is 10. The molecular formula is C31H28F3N7O5. The first kappa shape index (κ1) is 31.7. The maximum atomic E-state index is 13.5. The fourth-order valence-electron chi connectivity index (χ4n) is 4.43. The second kappa shape index (κ2) is 13.5. The summed E-state index contributed by atoms with van der Waals surface area (Å²) in [4.78, 5) is 26.2. The summed E-state index contributed by atoms with van der Waals surface area (Å²) < 4.78 is 62.7. The highest BCUT2D eigenvalue weighted by atomic mass is 19.4. The van der Waals surface area contributed by atoms with Crippen LogP contribution in [-0.4, -0.2) is 44.9 Å². The summed E-state index contributed by atoms with van der Waals surface area (Å²) in [6.45, 7) is 5.54. The summed E-state index contributed by atoms with van der Waals surface area (Å²) in [5.41, 5.74) is 1.19. The number of hydrogen-bond donors (Lipinski definition) is 2. The third-order valence-corrected chi connectivity index (χ3v) is 6.64. The number of amides is 2. The summed E-state index contributed by atoms with van der Waals surface area (Å²) >= 11 is 0. The van der Waals surface area contributed by atoms with Crippen LogP contribution >= 0.6 is 0 Å². The van der Waals surface area contributed by atoms with Gasteiger partial charge in [0.05, 0.1) is 53.7 Å². The number of carbonyl (C=O) groups excluding carboxylic acids is 1. The van der Waals surface area contributed by atoms with Crippen LogP contribution in [0, 0.1) is 13.8 Å². The number of anilines is 2. The van der Waals surface area contributed by atoms with Crippen molar-refractivity contribution in [2.45, 2.75) is 33.6 Å². The van der Waals surface area contributed by atoms with Crippen LogP contribution in [0.25, 0.3) is 22.8 Å². The molecule has 0 aliphatic heterocycles. The number of rotatable bonds is 10. The van der Waals surface area contributed by atoms with E-state index in [4.69, 9.17) is 18.6 Å². The van der Waals surface area contributed by atoms with Crippen molar-refractivity contribution < 1.29 is 36.6 Å². The number of carbonyl (C=O) groups is 1. The second-order valence-electron chi connectivity index (χ2n) is 9.82. The minimum atomic E-state index is -4.65.